The van der Waals surface area contributed by atoms with Gasteiger partial charge in [0.15, 0.2) is 0 Å². The number of carbonyl (C=O) groups is 2. The zero-order valence-electron chi connectivity index (χ0n) is 23.8. The van der Waals surface area contributed by atoms with E-state index in [1.165, 1.54) is 89.9 Å². The molecule has 0 unspecified atom stereocenters. The Labute approximate surface area is 222 Å². The highest BCUT2D eigenvalue weighted by molar-refractivity contribution is 5.69. The zero-order valence-corrected chi connectivity index (χ0v) is 23.8. The molecule has 0 radical (unpaired) electrons. The number of hydrogen-bond acceptors (Lipinski definition) is 6. The van der Waals surface area contributed by atoms with Crippen LogP contribution in [0.5, 0.6) is 0 Å². The minimum absolute atomic E-state index is 0.134. The molecule has 0 aliphatic heterocycles. The molecule has 0 heterocycles. The highest BCUT2D eigenvalue weighted by Gasteiger charge is 2.04. The van der Waals surface area contributed by atoms with Gasteiger partial charge in [-0.3, -0.25) is 9.59 Å². The minimum Gasteiger partial charge on any atom is -0.463 e. The van der Waals surface area contributed by atoms with Crippen LogP contribution < -0.4 is 0 Å². The van der Waals surface area contributed by atoms with Crippen molar-refractivity contribution in [1.29, 1.82) is 0 Å². The standard InChI is InChI=1S/C30H58O6/c1-3-5-7-9-10-11-12-13-14-15-16-18-20-22-30(32)36-28-26-34-24-23-33-25-27-35-29(31)21-19-17-8-6-4-2/h3-28H2,1-2H3. The van der Waals surface area contributed by atoms with Crippen LogP contribution in [-0.4, -0.2) is 51.6 Å². The summed E-state index contributed by atoms with van der Waals surface area (Å²) in [7, 11) is 0. The monoisotopic (exact) mass is 514 g/mol. The SMILES string of the molecule is CCCCCCCCCCCCCCCC(=O)OCCOCCOCCOC(=O)CCCCCCC. The van der Waals surface area contributed by atoms with Crippen LogP contribution in [0, 0.1) is 0 Å². The molecule has 0 bridgehead atoms. The number of unbranched alkanes of at least 4 members (excludes halogenated alkanes) is 16. The first-order chi connectivity index (χ1) is 17.7. The summed E-state index contributed by atoms with van der Waals surface area (Å²) in [6.07, 6.45) is 23.5. The second-order valence-electron chi connectivity index (χ2n) is 9.82. The molecule has 0 saturated carbocycles. The van der Waals surface area contributed by atoms with Crippen LogP contribution in [-0.2, 0) is 28.5 Å². The van der Waals surface area contributed by atoms with Crippen molar-refractivity contribution in [2.24, 2.45) is 0 Å². The van der Waals surface area contributed by atoms with E-state index in [9.17, 15) is 9.59 Å². The van der Waals surface area contributed by atoms with Crippen molar-refractivity contribution < 1.29 is 28.5 Å². The second-order valence-corrected chi connectivity index (χ2v) is 9.82. The van der Waals surface area contributed by atoms with Crippen LogP contribution >= 0.6 is 0 Å². The van der Waals surface area contributed by atoms with Gasteiger partial charge in [0, 0.05) is 12.8 Å². The molecule has 0 rings (SSSR count). The Hall–Kier alpha value is -1.14. The molecular weight excluding hydrogens is 456 g/mol. The third-order valence-corrected chi connectivity index (χ3v) is 6.32. The molecule has 0 atom stereocenters. The maximum atomic E-state index is 11.8. The fourth-order valence-electron chi connectivity index (χ4n) is 4.06. The largest absolute Gasteiger partial charge is 0.463 e. The van der Waals surface area contributed by atoms with Gasteiger partial charge < -0.3 is 18.9 Å². The third-order valence-electron chi connectivity index (χ3n) is 6.32. The summed E-state index contributed by atoms with van der Waals surface area (Å²) >= 11 is 0. The van der Waals surface area contributed by atoms with Crippen LogP contribution in [0.25, 0.3) is 0 Å². The highest BCUT2D eigenvalue weighted by atomic mass is 16.6. The average molecular weight is 515 g/mol. The Bertz CT molecular complexity index is 468. The summed E-state index contributed by atoms with van der Waals surface area (Å²) in [5.41, 5.74) is 0. The minimum atomic E-state index is -0.146. The number of hydrogen-bond donors (Lipinski definition) is 0. The predicted molar refractivity (Wildman–Crippen MR) is 147 cm³/mol. The van der Waals surface area contributed by atoms with E-state index in [0.29, 0.717) is 39.3 Å². The third kappa shape index (κ3) is 29.1. The molecule has 6 nitrogen and oxygen atoms in total. The summed E-state index contributed by atoms with van der Waals surface area (Å²) in [6.45, 7) is 6.62. The van der Waals surface area contributed by atoms with Gasteiger partial charge >= 0.3 is 11.9 Å². The summed E-state index contributed by atoms with van der Waals surface area (Å²) in [4.78, 5) is 23.4. The summed E-state index contributed by atoms with van der Waals surface area (Å²) in [5, 5.41) is 0. The Balaban J connectivity index is 3.22. The van der Waals surface area contributed by atoms with Crippen molar-refractivity contribution in [3.05, 3.63) is 0 Å². The molecule has 0 saturated heterocycles. The van der Waals surface area contributed by atoms with E-state index in [1.54, 1.807) is 0 Å². The number of ether oxygens (including phenoxy) is 4. The summed E-state index contributed by atoms with van der Waals surface area (Å²) in [5.74, 6) is -0.280. The van der Waals surface area contributed by atoms with Crippen LogP contribution in [0.15, 0.2) is 0 Å². The second kappa shape index (κ2) is 30.1. The zero-order chi connectivity index (χ0) is 26.4. The van der Waals surface area contributed by atoms with Gasteiger partial charge in [-0.05, 0) is 12.8 Å². The van der Waals surface area contributed by atoms with E-state index in [4.69, 9.17) is 18.9 Å². The van der Waals surface area contributed by atoms with Gasteiger partial charge in [0.1, 0.15) is 13.2 Å². The van der Waals surface area contributed by atoms with Crippen LogP contribution in [0.4, 0.5) is 0 Å². The topological polar surface area (TPSA) is 71.1 Å². The van der Waals surface area contributed by atoms with Gasteiger partial charge in [-0.15, -0.1) is 0 Å². The predicted octanol–water partition coefficient (Wildman–Crippen LogP) is 7.95. The summed E-state index contributed by atoms with van der Waals surface area (Å²) in [6, 6.07) is 0. The lowest BCUT2D eigenvalue weighted by atomic mass is 10.0. The molecule has 0 aliphatic carbocycles. The van der Waals surface area contributed by atoms with Gasteiger partial charge in [0.25, 0.3) is 0 Å². The van der Waals surface area contributed by atoms with E-state index in [1.807, 2.05) is 0 Å². The van der Waals surface area contributed by atoms with Crippen molar-refractivity contribution in [2.45, 2.75) is 142 Å². The maximum absolute atomic E-state index is 11.8. The lowest BCUT2D eigenvalue weighted by molar-refractivity contribution is -0.147. The first-order valence-corrected chi connectivity index (χ1v) is 15.2. The smallest absolute Gasteiger partial charge is 0.305 e. The lowest BCUT2D eigenvalue weighted by Crippen LogP contribution is -2.15. The fraction of sp³-hybridized carbons (Fsp3) is 0.933. The molecule has 6 heteroatoms. The van der Waals surface area contributed by atoms with E-state index >= 15 is 0 Å². The van der Waals surface area contributed by atoms with Gasteiger partial charge in [-0.25, -0.2) is 0 Å². The van der Waals surface area contributed by atoms with Crippen molar-refractivity contribution in [3.63, 3.8) is 0 Å². The first-order valence-electron chi connectivity index (χ1n) is 15.2. The molecule has 0 aliphatic rings. The molecule has 0 spiro atoms. The Morgan fingerprint density at radius 3 is 1.00 bits per heavy atom. The maximum Gasteiger partial charge on any atom is 0.305 e. The van der Waals surface area contributed by atoms with Crippen molar-refractivity contribution >= 4 is 11.9 Å². The van der Waals surface area contributed by atoms with E-state index in [2.05, 4.69) is 13.8 Å². The van der Waals surface area contributed by atoms with Crippen LogP contribution in [0.3, 0.4) is 0 Å². The lowest BCUT2D eigenvalue weighted by Gasteiger charge is -2.08. The van der Waals surface area contributed by atoms with Gasteiger partial charge in [-0.2, -0.15) is 0 Å². The van der Waals surface area contributed by atoms with Gasteiger partial charge in [-0.1, -0.05) is 117 Å². The molecule has 0 fully saturated rings. The van der Waals surface area contributed by atoms with E-state index < -0.39 is 0 Å². The van der Waals surface area contributed by atoms with Gasteiger partial charge in [0.05, 0.1) is 26.4 Å². The molecule has 214 valence electrons. The van der Waals surface area contributed by atoms with E-state index in [-0.39, 0.29) is 25.2 Å². The quantitative estimate of drug-likeness (QED) is 0.0745. The average Bonchev–Trinajstić information content (AvgIpc) is 2.87. The molecule has 0 amide bonds. The van der Waals surface area contributed by atoms with Gasteiger partial charge in [0.2, 0.25) is 0 Å². The molecule has 36 heavy (non-hydrogen) atoms. The van der Waals surface area contributed by atoms with E-state index in [0.717, 1.165) is 25.7 Å². The molecule has 0 aromatic carbocycles. The number of carbonyl (C=O) groups excluding carboxylic acids is 2. The number of esters is 2. The highest BCUT2D eigenvalue weighted by Crippen LogP contribution is 2.13. The van der Waals surface area contributed by atoms with Crippen molar-refractivity contribution in [2.75, 3.05) is 39.6 Å². The first kappa shape index (κ1) is 34.9. The van der Waals surface area contributed by atoms with Crippen molar-refractivity contribution in [3.8, 4) is 0 Å². The van der Waals surface area contributed by atoms with Crippen LogP contribution in [0.2, 0.25) is 0 Å². The van der Waals surface area contributed by atoms with Crippen LogP contribution in [0.1, 0.15) is 142 Å². The molecule has 0 aromatic heterocycles. The molecule has 0 aromatic rings. The normalized spacial score (nSPS) is 11.1. The number of rotatable bonds is 29. The molecule has 0 N–H and O–H groups in total. The Morgan fingerprint density at radius 1 is 0.389 bits per heavy atom. The van der Waals surface area contributed by atoms with Crippen molar-refractivity contribution in [1.82, 2.24) is 0 Å². The summed E-state index contributed by atoms with van der Waals surface area (Å²) < 4.78 is 21.2. The fourth-order valence-corrected chi connectivity index (χ4v) is 4.06. The molecular formula is C30H58O6. The Morgan fingerprint density at radius 2 is 0.667 bits per heavy atom. The Kier molecular flexibility index (Phi) is 29.1.